The molecule has 1 atom stereocenters. The topological polar surface area (TPSA) is 95.7 Å². The molecule has 4 rings (SSSR count). The molecule has 0 saturated carbocycles. The quantitative estimate of drug-likeness (QED) is 0.402. The summed E-state index contributed by atoms with van der Waals surface area (Å²) < 4.78 is 7.34. The van der Waals surface area contributed by atoms with Crippen molar-refractivity contribution in [3.8, 4) is 22.8 Å². The molecule has 0 fully saturated rings. The molecule has 0 aliphatic rings. The van der Waals surface area contributed by atoms with E-state index in [4.69, 9.17) is 10.3 Å². The maximum absolute atomic E-state index is 6.21. The van der Waals surface area contributed by atoms with E-state index in [0.717, 1.165) is 11.1 Å². The molecule has 0 aliphatic heterocycles. The lowest BCUT2D eigenvalue weighted by Gasteiger charge is -2.07. The van der Waals surface area contributed by atoms with E-state index in [1.54, 1.807) is 0 Å². The van der Waals surface area contributed by atoms with Crippen LogP contribution in [0, 0.1) is 13.8 Å². The van der Waals surface area contributed by atoms with Crippen LogP contribution >= 0.6 is 11.8 Å². The van der Waals surface area contributed by atoms with Gasteiger partial charge in [0.15, 0.2) is 5.82 Å². The van der Waals surface area contributed by atoms with Gasteiger partial charge in [0.25, 0.3) is 0 Å². The lowest BCUT2D eigenvalue weighted by molar-refractivity contribution is 0.509. The van der Waals surface area contributed by atoms with E-state index in [-0.39, 0.29) is 5.25 Å². The number of aromatic nitrogens is 5. The highest BCUT2D eigenvalue weighted by Crippen LogP contribution is 2.34. The number of rotatable bonds is 5. The van der Waals surface area contributed by atoms with Crippen LogP contribution in [0.2, 0.25) is 0 Å². The van der Waals surface area contributed by atoms with Gasteiger partial charge in [-0.2, -0.15) is 0 Å². The van der Waals surface area contributed by atoms with Crippen LogP contribution in [-0.2, 0) is 0 Å². The third kappa shape index (κ3) is 3.63. The molecule has 7 nitrogen and oxygen atoms in total. The van der Waals surface area contributed by atoms with Gasteiger partial charge in [0.2, 0.25) is 16.9 Å². The molecule has 0 amide bonds. The molecule has 0 spiro atoms. The summed E-state index contributed by atoms with van der Waals surface area (Å²) in [5, 5.41) is 17.2. The Kier molecular flexibility index (Phi) is 4.87. The fraction of sp³-hybridized carbons (Fsp3) is 0.200. The Bertz CT molecular complexity index is 1080. The smallest absolute Gasteiger partial charge is 0.247 e. The second-order valence-corrected chi connectivity index (χ2v) is 7.92. The van der Waals surface area contributed by atoms with Gasteiger partial charge in [0, 0.05) is 11.1 Å². The maximum atomic E-state index is 6.21. The van der Waals surface area contributed by atoms with Gasteiger partial charge >= 0.3 is 0 Å². The molecule has 2 aromatic heterocycles. The van der Waals surface area contributed by atoms with Crippen LogP contribution in [0.1, 0.15) is 29.2 Å². The van der Waals surface area contributed by atoms with Gasteiger partial charge in [0.05, 0.1) is 5.25 Å². The molecule has 2 heterocycles. The Balaban J connectivity index is 1.52. The number of aryl methyl sites for hydroxylation is 2. The molecule has 0 aliphatic carbocycles. The summed E-state index contributed by atoms with van der Waals surface area (Å²) in [5.41, 5.74) is 4.17. The zero-order chi connectivity index (χ0) is 19.7. The van der Waals surface area contributed by atoms with Crippen molar-refractivity contribution in [1.29, 1.82) is 0 Å². The third-order valence-electron chi connectivity index (χ3n) is 4.34. The van der Waals surface area contributed by atoms with Crippen molar-refractivity contribution >= 4 is 11.8 Å². The number of thioether (sulfide) groups is 1. The summed E-state index contributed by atoms with van der Waals surface area (Å²) >= 11 is 1.42. The molecule has 8 heteroatoms. The average molecular weight is 392 g/mol. The Morgan fingerprint density at radius 3 is 2.11 bits per heavy atom. The normalized spacial score (nSPS) is 12.2. The lowest BCUT2D eigenvalue weighted by Crippen LogP contribution is -2.12. The highest BCUT2D eigenvalue weighted by Gasteiger charge is 2.20. The summed E-state index contributed by atoms with van der Waals surface area (Å²) in [5.74, 6) is 7.84. The van der Waals surface area contributed by atoms with Gasteiger partial charge in [-0.15, -0.1) is 20.4 Å². The Morgan fingerprint density at radius 2 is 1.46 bits per heavy atom. The molecule has 142 valence electrons. The number of nitrogens with two attached hydrogens (primary N) is 1. The van der Waals surface area contributed by atoms with Gasteiger partial charge in [-0.1, -0.05) is 59.3 Å². The fourth-order valence-corrected chi connectivity index (χ4v) is 3.48. The maximum Gasteiger partial charge on any atom is 0.247 e. The molecule has 28 heavy (non-hydrogen) atoms. The van der Waals surface area contributed by atoms with Crippen molar-refractivity contribution in [3.63, 3.8) is 0 Å². The van der Waals surface area contributed by atoms with Crippen LogP contribution in [0.5, 0.6) is 0 Å². The number of hydrogen-bond donors (Lipinski definition) is 1. The molecule has 4 aromatic rings. The molecular formula is C20H20N6OS. The zero-order valence-electron chi connectivity index (χ0n) is 15.8. The summed E-state index contributed by atoms with van der Waals surface area (Å²) in [6.07, 6.45) is 0. The monoisotopic (exact) mass is 392 g/mol. The van der Waals surface area contributed by atoms with Gasteiger partial charge < -0.3 is 10.3 Å². The highest BCUT2D eigenvalue weighted by atomic mass is 32.2. The minimum atomic E-state index is -0.121. The highest BCUT2D eigenvalue weighted by molar-refractivity contribution is 7.99. The molecule has 0 bridgehead atoms. The third-order valence-corrected chi connectivity index (χ3v) is 5.39. The van der Waals surface area contributed by atoms with E-state index in [0.29, 0.717) is 22.8 Å². The zero-order valence-corrected chi connectivity index (χ0v) is 16.6. The van der Waals surface area contributed by atoms with Crippen LogP contribution in [0.3, 0.4) is 0 Å². The van der Waals surface area contributed by atoms with Crippen molar-refractivity contribution in [1.82, 2.24) is 25.1 Å². The summed E-state index contributed by atoms with van der Waals surface area (Å²) in [6.45, 7) is 6.04. The summed E-state index contributed by atoms with van der Waals surface area (Å²) in [7, 11) is 0. The molecule has 1 unspecified atom stereocenters. The number of benzene rings is 2. The van der Waals surface area contributed by atoms with Crippen molar-refractivity contribution in [2.24, 2.45) is 0 Å². The SMILES string of the molecule is Cc1ccc(-c2nnc(C(C)Sc3nnc(-c4ccc(C)cc4)n3N)o2)cc1. The van der Waals surface area contributed by atoms with Gasteiger partial charge in [-0.3, -0.25) is 0 Å². The lowest BCUT2D eigenvalue weighted by atomic mass is 10.1. The first-order valence-electron chi connectivity index (χ1n) is 8.86. The standard InChI is InChI=1S/C20H20N6OS/c1-12-4-8-15(9-5-12)17-22-25-20(26(17)21)28-14(3)18-23-24-19(27-18)16-10-6-13(2)7-11-16/h4-11,14H,21H2,1-3H3. The molecule has 0 saturated heterocycles. The van der Waals surface area contributed by atoms with Crippen LogP contribution < -0.4 is 5.84 Å². The van der Waals surface area contributed by atoms with Crippen molar-refractivity contribution in [3.05, 3.63) is 65.5 Å². The van der Waals surface area contributed by atoms with Gasteiger partial charge in [-0.25, -0.2) is 4.68 Å². The Hall–Kier alpha value is -3.13. The van der Waals surface area contributed by atoms with Crippen LogP contribution in [0.4, 0.5) is 0 Å². The summed E-state index contributed by atoms with van der Waals surface area (Å²) in [6, 6.07) is 16.0. The van der Waals surface area contributed by atoms with E-state index in [9.17, 15) is 0 Å². The van der Waals surface area contributed by atoms with Crippen molar-refractivity contribution < 1.29 is 4.42 Å². The summed E-state index contributed by atoms with van der Waals surface area (Å²) in [4.78, 5) is 0. The molecule has 2 N–H and O–H groups in total. The minimum absolute atomic E-state index is 0.121. The van der Waals surface area contributed by atoms with Crippen molar-refractivity contribution in [2.45, 2.75) is 31.2 Å². The van der Waals surface area contributed by atoms with Crippen LogP contribution in [0.15, 0.2) is 58.1 Å². The predicted molar refractivity (Wildman–Crippen MR) is 109 cm³/mol. The largest absolute Gasteiger partial charge is 0.419 e. The number of nitrogen functional groups attached to an aromatic ring is 1. The first-order chi connectivity index (χ1) is 13.5. The minimum Gasteiger partial charge on any atom is -0.419 e. The van der Waals surface area contributed by atoms with E-state index in [1.165, 1.54) is 27.6 Å². The molecule has 0 radical (unpaired) electrons. The van der Waals surface area contributed by atoms with E-state index in [1.807, 2.05) is 69.3 Å². The van der Waals surface area contributed by atoms with Crippen molar-refractivity contribution in [2.75, 3.05) is 5.84 Å². The van der Waals surface area contributed by atoms with E-state index >= 15 is 0 Å². The predicted octanol–water partition coefficient (Wildman–Crippen LogP) is 4.18. The average Bonchev–Trinajstić information content (AvgIpc) is 3.31. The van der Waals surface area contributed by atoms with Gasteiger partial charge in [-0.05, 0) is 32.9 Å². The Morgan fingerprint density at radius 1 is 0.857 bits per heavy atom. The first kappa shape index (κ1) is 18.2. The Labute approximate surface area is 167 Å². The second-order valence-electron chi connectivity index (χ2n) is 6.61. The number of nitrogens with zero attached hydrogens (tertiary/aromatic N) is 5. The molecular weight excluding hydrogens is 372 g/mol. The van der Waals surface area contributed by atoms with Crippen LogP contribution in [-0.4, -0.2) is 25.1 Å². The van der Waals surface area contributed by atoms with Crippen LogP contribution in [0.25, 0.3) is 22.8 Å². The molecule has 2 aromatic carbocycles. The fourth-order valence-electron chi connectivity index (χ4n) is 2.68. The first-order valence-corrected chi connectivity index (χ1v) is 9.74. The van der Waals surface area contributed by atoms with E-state index < -0.39 is 0 Å². The number of hydrogen-bond acceptors (Lipinski definition) is 7. The second kappa shape index (κ2) is 7.47. The van der Waals surface area contributed by atoms with Gasteiger partial charge in [0.1, 0.15) is 0 Å². The van der Waals surface area contributed by atoms with E-state index in [2.05, 4.69) is 20.4 Å².